The van der Waals surface area contributed by atoms with Crippen molar-refractivity contribution in [2.45, 2.75) is 52.7 Å². The topological polar surface area (TPSA) is 57.3 Å². The molecule has 2 amide bonds. The molecule has 3 rings (SSSR count). The molecule has 7 heteroatoms. The third-order valence-electron chi connectivity index (χ3n) is 6.60. The lowest BCUT2D eigenvalue weighted by molar-refractivity contribution is -0.0728. The number of benzene rings is 1. The van der Waals surface area contributed by atoms with Gasteiger partial charge in [0.15, 0.2) is 0 Å². The normalized spacial score (nSPS) is 22.8. The number of hydrogen-bond donors (Lipinski definition) is 1. The SMILES string of the molecule is CCN(CC)CCOc1ccccc1NC(=O)N1CCC(CN2C[C@@H](C)O[C@@H](C)C2)CC1. The molecule has 0 bridgehead atoms. The minimum Gasteiger partial charge on any atom is -0.490 e. The molecule has 1 aromatic rings. The number of likely N-dealkylation sites (tertiary alicyclic amines) is 1. The number of ether oxygens (including phenoxy) is 2. The number of likely N-dealkylation sites (N-methyl/N-ethyl adjacent to an activating group) is 1. The Hall–Kier alpha value is -1.83. The van der Waals surface area contributed by atoms with Gasteiger partial charge < -0.3 is 24.6 Å². The zero-order valence-electron chi connectivity index (χ0n) is 20.4. The third kappa shape index (κ3) is 7.36. The lowest BCUT2D eigenvalue weighted by atomic mass is 9.96. The van der Waals surface area contributed by atoms with Gasteiger partial charge in [-0.3, -0.25) is 4.90 Å². The number of morpholine rings is 1. The van der Waals surface area contributed by atoms with Crippen LogP contribution in [0.5, 0.6) is 5.75 Å². The predicted octanol–water partition coefficient (Wildman–Crippen LogP) is 3.76. The summed E-state index contributed by atoms with van der Waals surface area (Å²) in [5, 5.41) is 3.08. The lowest BCUT2D eigenvalue weighted by Crippen LogP contribution is -2.49. The van der Waals surface area contributed by atoms with Crippen molar-refractivity contribution in [3.05, 3.63) is 24.3 Å². The van der Waals surface area contributed by atoms with Crippen LogP contribution in [-0.4, -0.2) is 91.9 Å². The first-order valence-corrected chi connectivity index (χ1v) is 12.4. The monoisotopic (exact) mass is 446 g/mol. The molecule has 0 saturated carbocycles. The quantitative estimate of drug-likeness (QED) is 0.626. The number of carbonyl (C=O) groups is 1. The van der Waals surface area contributed by atoms with Gasteiger partial charge in [0.2, 0.25) is 0 Å². The van der Waals surface area contributed by atoms with Crippen molar-refractivity contribution in [3.8, 4) is 5.75 Å². The number of carbonyl (C=O) groups excluding carboxylic acids is 1. The standard InChI is InChI=1S/C25H42N4O3/c1-5-27(6-2)15-16-31-24-10-8-7-9-23(24)26-25(30)29-13-11-22(12-14-29)19-28-17-20(3)32-21(4)18-28/h7-10,20-22H,5-6,11-19H2,1-4H3,(H,26,30)/t20-,21+. The van der Waals surface area contributed by atoms with Gasteiger partial charge in [-0.1, -0.05) is 26.0 Å². The van der Waals surface area contributed by atoms with Crippen molar-refractivity contribution in [2.75, 3.05) is 64.3 Å². The summed E-state index contributed by atoms with van der Waals surface area (Å²) in [5.41, 5.74) is 0.746. The Morgan fingerprint density at radius 1 is 1.12 bits per heavy atom. The molecule has 0 aliphatic carbocycles. The second-order valence-electron chi connectivity index (χ2n) is 9.21. The highest BCUT2D eigenvalue weighted by Crippen LogP contribution is 2.26. The molecule has 0 unspecified atom stereocenters. The summed E-state index contributed by atoms with van der Waals surface area (Å²) in [4.78, 5) is 19.7. The number of urea groups is 1. The Labute approximate surface area is 194 Å². The van der Waals surface area contributed by atoms with E-state index in [0.717, 1.165) is 76.6 Å². The molecule has 2 atom stereocenters. The summed E-state index contributed by atoms with van der Waals surface area (Å²) in [7, 11) is 0. The van der Waals surface area contributed by atoms with Crippen LogP contribution in [0, 0.1) is 5.92 Å². The molecule has 2 aliphatic heterocycles. The summed E-state index contributed by atoms with van der Waals surface area (Å²) in [6.45, 7) is 16.9. The fraction of sp³-hybridized carbons (Fsp3) is 0.720. The van der Waals surface area contributed by atoms with E-state index in [9.17, 15) is 4.79 Å². The second-order valence-corrected chi connectivity index (χ2v) is 9.21. The molecule has 180 valence electrons. The van der Waals surface area contributed by atoms with Gasteiger partial charge in [0.25, 0.3) is 0 Å². The van der Waals surface area contributed by atoms with Crippen LogP contribution in [0.25, 0.3) is 0 Å². The molecule has 0 radical (unpaired) electrons. The van der Waals surface area contributed by atoms with Crippen LogP contribution in [0.3, 0.4) is 0 Å². The van der Waals surface area contributed by atoms with Gasteiger partial charge in [0.05, 0.1) is 17.9 Å². The molecule has 1 N–H and O–H groups in total. The Balaban J connectivity index is 1.45. The van der Waals surface area contributed by atoms with E-state index in [2.05, 4.69) is 42.8 Å². The van der Waals surface area contributed by atoms with Crippen LogP contribution in [0.2, 0.25) is 0 Å². The van der Waals surface area contributed by atoms with Crippen LogP contribution in [-0.2, 0) is 4.74 Å². The average Bonchev–Trinajstić information content (AvgIpc) is 2.77. The predicted molar refractivity (Wildman–Crippen MR) is 129 cm³/mol. The third-order valence-corrected chi connectivity index (χ3v) is 6.60. The lowest BCUT2D eigenvalue weighted by Gasteiger charge is -2.39. The van der Waals surface area contributed by atoms with Gasteiger partial charge in [-0.2, -0.15) is 0 Å². The van der Waals surface area contributed by atoms with Gasteiger partial charge in [0, 0.05) is 39.3 Å². The number of piperidine rings is 1. The van der Waals surface area contributed by atoms with Gasteiger partial charge in [-0.25, -0.2) is 4.79 Å². The first-order chi connectivity index (χ1) is 15.5. The first kappa shape index (κ1) is 24.8. The number of anilines is 1. The van der Waals surface area contributed by atoms with Crippen molar-refractivity contribution in [1.29, 1.82) is 0 Å². The minimum absolute atomic E-state index is 0.0307. The van der Waals surface area contributed by atoms with Crippen molar-refractivity contribution in [3.63, 3.8) is 0 Å². The highest BCUT2D eigenvalue weighted by atomic mass is 16.5. The maximum absolute atomic E-state index is 12.9. The maximum atomic E-state index is 12.9. The molecule has 32 heavy (non-hydrogen) atoms. The van der Waals surface area contributed by atoms with E-state index in [4.69, 9.17) is 9.47 Å². The molecule has 0 aromatic heterocycles. The molecule has 2 heterocycles. The van der Waals surface area contributed by atoms with E-state index >= 15 is 0 Å². The zero-order valence-corrected chi connectivity index (χ0v) is 20.4. The smallest absolute Gasteiger partial charge is 0.321 e. The molecule has 2 fully saturated rings. The highest BCUT2D eigenvalue weighted by molar-refractivity contribution is 5.91. The first-order valence-electron chi connectivity index (χ1n) is 12.4. The molecular weight excluding hydrogens is 404 g/mol. The van der Waals surface area contributed by atoms with Crippen LogP contribution in [0.1, 0.15) is 40.5 Å². The van der Waals surface area contributed by atoms with Crippen molar-refractivity contribution in [1.82, 2.24) is 14.7 Å². The molecule has 2 aliphatic rings. The minimum atomic E-state index is -0.0307. The molecule has 7 nitrogen and oxygen atoms in total. The highest BCUT2D eigenvalue weighted by Gasteiger charge is 2.28. The van der Waals surface area contributed by atoms with E-state index < -0.39 is 0 Å². The van der Waals surface area contributed by atoms with Gasteiger partial charge in [-0.05, 0) is 57.8 Å². The fourth-order valence-corrected chi connectivity index (χ4v) is 4.83. The van der Waals surface area contributed by atoms with Gasteiger partial charge >= 0.3 is 6.03 Å². The summed E-state index contributed by atoms with van der Waals surface area (Å²) >= 11 is 0. The van der Waals surface area contributed by atoms with Crippen LogP contribution >= 0.6 is 0 Å². The molecule has 0 spiro atoms. The van der Waals surface area contributed by atoms with E-state index in [1.165, 1.54) is 0 Å². The van der Waals surface area contributed by atoms with Gasteiger partial charge in [0.1, 0.15) is 12.4 Å². The Morgan fingerprint density at radius 3 is 2.44 bits per heavy atom. The maximum Gasteiger partial charge on any atom is 0.321 e. The van der Waals surface area contributed by atoms with Crippen molar-refractivity contribution in [2.24, 2.45) is 5.92 Å². The molecule has 2 saturated heterocycles. The number of hydrogen-bond acceptors (Lipinski definition) is 5. The Bertz CT molecular complexity index is 694. The number of amides is 2. The largest absolute Gasteiger partial charge is 0.490 e. The number of nitrogens with one attached hydrogen (secondary N) is 1. The molecule has 1 aromatic carbocycles. The van der Waals surface area contributed by atoms with Crippen molar-refractivity contribution < 1.29 is 14.3 Å². The van der Waals surface area contributed by atoms with Crippen LogP contribution in [0.4, 0.5) is 10.5 Å². The van der Waals surface area contributed by atoms with E-state index in [-0.39, 0.29) is 6.03 Å². The summed E-state index contributed by atoms with van der Waals surface area (Å²) < 4.78 is 11.8. The van der Waals surface area contributed by atoms with Crippen LogP contribution in [0.15, 0.2) is 24.3 Å². The zero-order chi connectivity index (χ0) is 22.9. The number of rotatable bonds is 9. The number of para-hydroxylation sites is 2. The van der Waals surface area contributed by atoms with E-state index in [1.54, 1.807) is 0 Å². The summed E-state index contributed by atoms with van der Waals surface area (Å²) in [5.74, 6) is 1.38. The van der Waals surface area contributed by atoms with Crippen molar-refractivity contribution >= 4 is 11.7 Å². The van der Waals surface area contributed by atoms with Gasteiger partial charge in [-0.15, -0.1) is 0 Å². The summed E-state index contributed by atoms with van der Waals surface area (Å²) in [6, 6.07) is 7.69. The second kappa shape index (κ2) is 12.4. The number of nitrogens with zero attached hydrogens (tertiary/aromatic N) is 3. The Morgan fingerprint density at radius 2 is 1.78 bits per heavy atom. The van der Waals surface area contributed by atoms with E-state index in [1.807, 2.05) is 29.2 Å². The fourth-order valence-electron chi connectivity index (χ4n) is 4.83. The Kier molecular flexibility index (Phi) is 9.63. The average molecular weight is 447 g/mol. The van der Waals surface area contributed by atoms with Crippen LogP contribution < -0.4 is 10.1 Å². The summed E-state index contributed by atoms with van der Waals surface area (Å²) in [6.07, 6.45) is 2.71. The molecular formula is C25H42N4O3. The van der Waals surface area contributed by atoms with E-state index in [0.29, 0.717) is 24.7 Å².